The molecule has 8 nitrogen and oxygen atoms in total. The summed E-state index contributed by atoms with van der Waals surface area (Å²) in [5.74, 6) is 1.67. The molecule has 5 rings (SSSR count). The second kappa shape index (κ2) is 11.9. The van der Waals surface area contributed by atoms with Gasteiger partial charge < -0.3 is 19.6 Å². The van der Waals surface area contributed by atoms with Gasteiger partial charge in [0.1, 0.15) is 11.0 Å². The number of carbonyl (C=O) groups excluding carboxylic acids is 2. The Bertz CT molecular complexity index is 1110. The Balaban J connectivity index is 1.11. The molecule has 37 heavy (non-hydrogen) atoms. The van der Waals surface area contributed by atoms with E-state index in [1.54, 1.807) is 6.07 Å². The monoisotopic (exact) mass is 542 g/mol. The van der Waals surface area contributed by atoms with Crippen molar-refractivity contribution in [1.82, 2.24) is 19.8 Å². The van der Waals surface area contributed by atoms with Crippen LogP contribution in [0.1, 0.15) is 31.2 Å². The molecule has 2 aromatic rings. The lowest BCUT2D eigenvalue weighted by molar-refractivity contribution is -0.135. The number of benzene rings is 1. The molecule has 0 radical (unpaired) electrons. The topological polar surface area (TPSA) is 72.9 Å². The van der Waals surface area contributed by atoms with Crippen molar-refractivity contribution in [2.45, 2.75) is 37.8 Å². The maximum absolute atomic E-state index is 12.9. The minimum atomic E-state index is 0.0959. The van der Waals surface area contributed by atoms with E-state index in [0.29, 0.717) is 42.4 Å². The standard InChI is InChI=1S/C27H35ClN6O2S/c1-20-6-2-5-9-22(20)31-10-14-33(15-11-31)25(35)19-37-27-29-23(28)18-24(30-27)32-12-16-34(17-13-32)26(36)21-7-3-4-8-21/h2,5-6,9,18,21H,3-4,7-8,10-17,19H2,1H3. The Morgan fingerprint density at radius 3 is 2.27 bits per heavy atom. The van der Waals surface area contributed by atoms with Crippen LogP contribution in [0.5, 0.6) is 0 Å². The van der Waals surface area contributed by atoms with Gasteiger partial charge in [-0.3, -0.25) is 9.59 Å². The van der Waals surface area contributed by atoms with Gasteiger partial charge in [-0.2, -0.15) is 0 Å². The van der Waals surface area contributed by atoms with Gasteiger partial charge in [-0.1, -0.05) is 54.4 Å². The minimum Gasteiger partial charge on any atom is -0.368 e. The first-order valence-corrected chi connectivity index (χ1v) is 14.6. The number of para-hydroxylation sites is 1. The molecule has 1 aliphatic carbocycles. The van der Waals surface area contributed by atoms with E-state index in [1.165, 1.54) is 35.9 Å². The van der Waals surface area contributed by atoms with E-state index in [0.717, 1.165) is 44.8 Å². The summed E-state index contributed by atoms with van der Waals surface area (Å²) in [6.45, 7) is 8.04. The molecule has 0 bridgehead atoms. The maximum Gasteiger partial charge on any atom is 0.233 e. The van der Waals surface area contributed by atoms with Crippen LogP contribution >= 0.6 is 23.4 Å². The molecular formula is C27H35ClN6O2S. The fraction of sp³-hybridized carbons (Fsp3) is 0.556. The van der Waals surface area contributed by atoms with Crippen molar-refractivity contribution in [2.24, 2.45) is 5.92 Å². The van der Waals surface area contributed by atoms with Crippen molar-refractivity contribution in [3.05, 3.63) is 41.0 Å². The van der Waals surface area contributed by atoms with Crippen molar-refractivity contribution >= 4 is 46.7 Å². The van der Waals surface area contributed by atoms with Gasteiger partial charge in [-0.05, 0) is 31.4 Å². The van der Waals surface area contributed by atoms with E-state index >= 15 is 0 Å². The molecular weight excluding hydrogens is 508 g/mol. The van der Waals surface area contributed by atoms with E-state index in [9.17, 15) is 9.59 Å². The molecule has 1 aromatic heterocycles. The second-order valence-electron chi connectivity index (χ2n) is 10.1. The molecule has 3 fully saturated rings. The summed E-state index contributed by atoms with van der Waals surface area (Å²) in [4.78, 5) is 43.1. The summed E-state index contributed by atoms with van der Waals surface area (Å²) in [6, 6.07) is 10.2. The minimum absolute atomic E-state index is 0.0959. The average Bonchev–Trinajstić information content (AvgIpc) is 3.47. The Morgan fingerprint density at radius 2 is 1.57 bits per heavy atom. The lowest BCUT2D eigenvalue weighted by Gasteiger charge is -2.37. The Hall–Kier alpha value is -2.52. The first-order valence-electron chi connectivity index (χ1n) is 13.3. The van der Waals surface area contributed by atoms with Crippen molar-refractivity contribution in [3.63, 3.8) is 0 Å². The molecule has 2 aliphatic heterocycles. The maximum atomic E-state index is 12.9. The highest BCUT2D eigenvalue weighted by atomic mass is 35.5. The predicted octanol–water partition coefficient (Wildman–Crippen LogP) is 3.72. The van der Waals surface area contributed by atoms with E-state index in [1.807, 2.05) is 9.80 Å². The van der Waals surface area contributed by atoms with Crippen LogP contribution in [-0.4, -0.2) is 89.7 Å². The van der Waals surface area contributed by atoms with Crippen molar-refractivity contribution in [3.8, 4) is 0 Å². The number of carbonyl (C=O) groups is 2. The first-order chi connectivity index (χ1) is 18.0. The summed E-state index contributed by atoms with van der Waals surface area (Å²) in [5, 5.41) is 0.884. The van der Waals surface area contributed by atoms with Gasteiger partial charge in [-0.25, -0.2) is 9.97 Å². The number of hydrogen-bond donors (Lipinski definition) is 0. The molecule has 0 atom stereocenters. The molecule has 2 saturated heterocycles. The van der Waals surface area contributed by atoms with Gasteiger partial charge in [0.2, 0.25) is 11.8 Å². The Kier molecular flexibility index (Phi) is 8.39. The summed E-state index contributed by atoms with van der Waals surface area (Å²) in [7, 11) is 0. The Morgan fingerprint density at radius 1 is 0.919 bits per heavy atom. The zero-order chi connectivity index (χ0) is 25.8. The molecule has 198 valence electrons. The van der Waals surface area contributed by atoms with E-state index in [2.05, 4.69) is 46.0 Å². The van der Waals surface area contributed by atoms with Crippen LogP contribution in [0.2, 0.25) is 5.15 Å². The van der Waals surface area contributed by atoms with Crippen LogP contribution in [0.15, 0.2) is 35.5 Å². The van der Waals surface area contributed by atoms with Gasteiger partial charge in [0.15, 0.2) is 5.16 Å². The van der Waals surface area contributed by atoms with Gasteiger partial charge in [0.25, 0.3) is 0 Å². The third-order valence-corrected chi connectivity index (χ3v) is 8.72. The van der Waals surface area contributed by atoms with E-state index in [-0.39, 0.29) is 17.6 Å². The van der Waals surface area contributed by atoms with Crippen LogP contribution in [0.3, 0.4) is 0 Å². The summed E-state index contributed by atoms with van der Waals surface area (Å²) in [5.41, 5.74) is 2.50. The number of anilines is 2. The van der Waals surface area contributed by atoms with Crippen LogP contribution in [0.25, 0.3) is 0 Å². The SMILES string of the molecule is Cc1ccccc1N1CCN(C(=O)CSc2nc(Cl)cc(N3CCN(C(=O)C4CCCC4)CC3)n2)CC1. The number of piperazine rings is 2. The molecule has 3 heterocycles. The lowest BCUT2D eigenvalue weighted by atomic mass is 10.1. The number of aromatic nitrogens is 2. The fourth-order valence-electron chi connectivity index (χ4n) is 5.53. The number of amides is 2. The average molecular weight is 543 g/mol. The highest BCUT2D eigenvalue weighted by Crippen LogP contribution is 2.28. The number of hydrogen-bond acceptors (Lipinski definition) is 7. The first kappa shape index (κ1) is 26.1. The Labute approximate surface area is 228 Å². The summed E-state index contributed by atoms with van der Waals surface area (Å²) in [6.07, 6.45) is 4.40. The quantitative estimate of drug-likeness (QED) is 0.313. The lowest BCUT2D eigenvalue weighted by Crippen LogP contribution is -2.50. The van der Waals surface area contributed by atoms with Crippen molar-refractivity contribution in [2.75, 3.05) is 67.9 Å². The molecule has 2 amide bonds. The summed E-state index contributed by atoms with van der Waals surface area (Å²) >= 11 is 7.66. The number of rotatable bonds is 6. The molecule has 0 unspecified atom stereocenters. The van der Waals surface area contributed by atoms with E-state index in [4.69, 9.17) is 16.6 Å². The van der Waals surface area contributed by atoms with Crippen LogP contribution in [0.4, 0.5) is 11.5 Å². The molecule has 1 aromatic carbocycles. The zero-order valence-electron chi connectivity index (χ0n) is 21.4. The van der Waals surface area contributed by atoms with Crippen LogP contribution in [0, 0.1) is 12.8 Å². The van der Waals surface area contributed by atoms with Crippen LogP contribution < -0.4 is 9.80 Å². The predicted molar refractivity (Wildman–Crippen MR) is 148 cm³/mol. The number of aryl methyl sites for hydroxylation is 1. The van der Waals surface area contributed by atoms with Gasteiger partial charge in [0.05, 0.1) is 5.75 Å². The van der Waals surface area contributed by atoms with Crippen LogP contribution in [-0.2, 0) is 9.59 Å². The molecule has 3 aliphatic rings. The highest BCUT2D eigenvalue weighted by molar-refractivity contribution is 7.99. The van der Waals surface area contributed by atoms with Gasteiger partial charge in [0, 0.05) is 70.0 Å². The highest BCUT2D eigenvalue weighted by Gasteiger charge is 2.30. The second-order valence-corrected chi connectivity index (χ2v) is 11.4. The van der Waals surface area contributed by atoms with Gasteiger partial charge >= 0.3 is 0 Å². The molecule has 0 N–H and O–H groups in total. The van der Waals surface area contributed by atoms with E-state index < -0.39 is 0 Å². The fourth-order valence-corrected chi connectivity index (χ4v) is 6.52. The number of thioether (sulfide) groups is 1. The normalized spacial score (nSPS) is 19.0. The molecule has 10 heteroatoms. The molecule has 1 saturated carbocycles. The largest absolute Gasteiger partial charge is 0.368 e. The summed E-state index contributed by atoms with van der Waals surface area (Å²) < 4.78 is 0. The number of halogens is 1. The third-order valence-electron chi connectivity index (χ3n) is 7.69. The van der Waals surface area contributed by atoms with Gasteiger partial charge in [-0.15, -0.1) is 0 Å². The van der Waals surface area contributed by atoms with Crippen molar-refractivity contribution in [1.29, 1.82) is 0 Å². The number of nitrogens with zero attached hydrogens (tertiary/aromatic N) is 6. The third kappa shape index (κ3) is 6.32. The smallest absolute Gasteiger partial charge is 0.233 e. The zero-order valence-corrected chi connectivity index (χ0v) is 23.0. The molecule has 0 spiro atoms. The van der Waals surface area contributed by atoms with Crippen molar-refractivity contribution < 1.29 is 9.59 Å².